The van der Waals surface area contributed by atoms with Gasteiger partial charge in [-0.25, -0.2) is 4.79 Å². The summed E-state index contributed by atoms with van der Waals surface area (Å²) in [5, 5.41) is 21.7. The Balaban J connectivity index is 1.32. The fraction of sp³-hybridized carbons (Fsp3) is 0.727. The smallest absolute Gasteiger partial charge is 0.337 e. The summed E-state index contributed by atoms with van der Waals surface area (Å²) in [5.41, 5.74) is 3.38. The third-order valence-electron chi connectivity index (χ3n) is 12.6. The molecule has 5 aliphatic rings. The normalized spacial score (nSPS) is 43.6. The molecule has 3 saturated carbocycles. The van der Waals surface area contributed by atoms with Crippen molar-refractivity contribution in [1.29, 1.82) is 0 Å². The summed E-state index contributed by atoms with van der Waals surface area (Å²) in [6.07, 6.45) is 15.1. The van der Waals surface area contributed by atoms with E-state index in [9.17, 15) is 15.0 Å². The van der Waals surface area contributed by atoms with Crippen LogP contribution in [0, 0.1) is 39.4 Å². The van der Waals surface area contributed by atoms with Gasteiger partial charge in [0.15, 0.2) is 0 Å². The number of hydrogen-bond acceptors (Lipinski definition) is 3. The van der Waals surface area contributed by atoms with Crippen LogP contribution in [0.2, 0.25) is 5.02 Å². The molecule has 1 heterocycles. The van der Waals surface area contributed by atoms with Gasteiger partial charge in [0.05, 0.1) is 10.6 Å². The maximum absolute atomic E-state index is 11.5. The molecule has 208 valence electrons. The first kappa shape index (κ1) is 27.2. The van der Waals surface area contributed by atoms with E-state index < -0.39 is 5.97 Å². The second kappa shape index (κ2) is 9.28. The van der Waals surface area contributed by atoms with E-state index in [1.54, 1.807) is 6.07 Å². The van der Waals surface area contributed by atoms with Gasteiger partial charge in [0.1, 0.15) is 0 Å². The van der Waals surface area contributed by atoms with Crippen LogP contribution >= 0.6 is 23.4 Å². The average molecular weight is 557 g/mol. The minimum atomic E-state index is -0.974. The zero-order chi connectivity index (χ0) is 27.1. The van der Waals surface area contributed by atoms with Gasteiger partial charge in [-0.15, -0.1) is 0 Å². The number of aliphatic hydroxyl groups is 1. The standard InChI is InChI=1S/C33H45ClO3S/c1-30(2)22(20-7-8-21(29(36)37)24(34)18-20)11-15-32(4)26(30)13-16-31(3)23-12-17-33(19-35)14-5-6-28(33)38-25(23)9-10-27(31)32/h7-8,11,18,23,25-28,35H,5-6,9-10,12-17,19H2,1-4H3,(H,36,37)/t23?,25-,26?,27?,28?,31+,32+,33-/m1/s1. The Morgan fingerprint density at radius 1 is 1.00 bits per heavy atom. The van der Waals surface area contributed by atoms with E-state index in [-0.39, 0.29) is 21.8 Å². The molecule has 8 atom stereocenters. The highest BCUT2D eigenvalue weighted by Crippen LogP contribution is 2.71. The van der Waals surface area contributed by atoms with Gasteiger partial charge in [-0.05, 0) is 115 Å². The molecule has 0 bridgehead atoms. The first-order valence-corrected chi connectivity index (χ1v) is 16.3. The van der Waals surface area contributed by atoms with Crippen LogP contribution in [0.15, 0.2) is 24.3 Å². The van der Waals surface area contributed by atoms with Crippen LogP contribution < -0.4 is 0 Å². The second-order valence-electron chi connectivity index (χ2n) is 14.5. The van der Waals surface area contributed by atoms with Crippen molar-refractivity contribution in [2.75, 3.05) is 6.61 Å². The molecule has 1 saturated heterocycles. The van der Waals surface area contributed by atoms with Gasteiger partial charge in [-0.3, -0.25) is 0 Å². The van der Waals surface area contributed by atoms with Crippen molar-refractivity contribution in [3.63, 3.8) is 0 Å². The van der Waals surface area contributed by atoms with Crippen LogP contribution in [-0.2, 0) is 0 Å². The molecular weight excluding hydrogens is 512 g/mol. The number of carboxylic acids is 1. The minimum absolute atomic E-state index is 0.00454. The van der Waals surface area contributed by atoms with E-state index in [4.69, 9.17) is 11.6 Å². The molecule has 4 fully saturated rings. The molecule has 2 N–H and O–H groups in total. The van der Waals surface area contributed by atoms with Crippen molar-refractivity contribution in [1.82, 2.24) is 0 Å². The zero-order valence-electron chi connectivity index (χ0n) is 23.6. The van der Waals surface area contributed by atoms with E-state index in [1.807, 2.05) is 12.1 Å². The molecule has 3 nitrogen and oxygen atoms in total. The lowest BCUT2D eigenvalue weighted by Crippen LogP contribution is -2.59. The van der Waals surface area contributed by atoms with Crippen LogP contribution in [-0.4, -0.2) is 33.3 Å². The Labute approximate surface area is 238 Å². The highest BCUT2D eigenvalue weighted by atomic mass is 35.5. The predicted molar refractivity (Wildman–Crippen MR) is 158 cm³/mol. The van der Waals surface area contributed by atoms with Crippen molar-refractivity contribution >= 4 is 34.9 Å². The molecule has 1 aromatic carbocycles. The second-order valence-corrected chi connectivity index (χ2v) is 16.4. The highest BCUT2D eigenvalue weighted by molar-refractivity contribution is 8.00. The Kier molecular flexibility index (Phi) is 6.64. The fourth-order valence-electron chi connectivity index (χ4n) is 10.8. The monoisotopic (exact) mass is 556 g/mol. The zero-order valence-corrected chi connectivity index (χ0v) is 25.1. The number of halogens is 1. The topological polar surface area (TPSA) is 57.5 Å². The quantitative estimate of drug-likeness (QED) is 0.391. The van der Waals surface area contributed by atoms with E-state index >= 15 is 0 Å². The summed E-state index contributed by atoms with van der Waals surface area (Å²) in [4.78, 5) is 11.5. The lowest BCUT2D eigenvalue weighted by molar-refractivity contribution is -0.135. The first-order chi connectivity index (χ1) is 18.0. The van der Waals surface area contributed by atoms with Crippen molar-refractivity contribution in [3.8, 4) is 0 Å². The summed E-state index contributed by atoms with van der Waals surface area (Å²) >= 11 is 8.71. The summed E-state index contributed by atoms with van der Waals surface area (Å²) in [6, 6.07) is 5.50. The molecule has 0 amide bonds. The number of fused-ring (bicyclic) bond motifs is 6. The number of aliphatic hydroxyl groups excluding tert-OH is 1. The Morgan fingerprint density at radius 2 is 1.79 bits per heavy atom. The average Bonchev–Trinajstić information content (AvgIpc) is 3.17. The molecule has 6 rings (SSSR count). The number of carbonyl (C=O) groups is 1. The molecule has 4 unspecified atom stereocenters. The molecule has 4 aliphatic carbocycles. The number of thioether (sulfide) groups is 1. The van der Waals surface area contributed by atoms with Crippen LogP contribution in [0.1, 0.15) is 108 Å². The lowest BCUT2D eigenvalue weighted by atomic mass is 9.39. The number of benzene rings is 1. The van der Waals surface area contributed by atoms with Gasteiger partial charge in [0, 0.05) is 22.5 Å². The molecular formula is C33H45ClO3S. The van der Waals surface area contributed by atoms with Gasteiger partial charge < -0.3 is 10.2 Å². The predicted octanol–water partition coefficient (Wildman–Crippen LogP) is 8.73. The molecule has 38 heavy (non-hydrogen) atoms. The van der Waals surface area contributed by atoms with Gasteiger partial charge >= 0.3 is 5.97 Å². The molecule has 0 aromatic heterocycles. The summed E-state index contributed by atoms with van der Waals surface area (Å²) < 4.78 is 0. The Hall–Kier alpha value is -0.970. The Morgan fingerprint density at radius 3 is 2.50 bits per heavy atom. The van der Waals surface area contributed by atoms with Crippen LogP contribution in [0.3, 0.4) is 0 Å². The van der Waals surface area contributed by atoms with E-state index in [2.05, 4.69) is 45.5 Å². The van der Waals surface area contributed by atoms with Gasteiger partial charge in [0.25, 0.3) is 0 Å². The highest BCUT2D eigenvalue weighted by Gasteiger charge is 2.63. The van der Waals surface area contributed by atoms with Crippen LogP contribution in [0.5, 0.6) is 0 Å². The van der Waals surface area contributed by atoms with Crippen LogP contribution in [0.25, 0.3) is 5.57 Å². The van der Waals surface area contributed by atoms with E-state index in [0.29, 0.717) is 34.1 Å². The van der Waals surface area contributed by atoms with Crippen molar-refractivity contribution in [2.24, 2.45) is 39.4 Å². The summed E-state index contributed by atoms with van der Waals surface area (Å²) in [6.45, 7) is 10.5. The minimum Gasteiger partial charge on any atom is -0.478 e. The largest absolute Gasteiger partial charge is 0.478 e. The SMILES string of the molecule is CC1(C)C(c2ccc(C(=O)O)c(Cl)c2)=CC[C@@]2(C)C1CC[C@@]1(C)C3CC[C@@]4(CO)CCCC4S[C@@H]3CCC12. The molecule has 1 aromatic rings. The van der Waals surface area contributed by atoms with Gasteiger partial charge in [0.2, 0.25) is 0 Å². The number of allylic oxidation sites excluding steroid dienone is 2. The van der Waals surface area contributed by atoms with Crippen molar-refractivity contribution in [3.05, 3.63) is 40.4 Å². The summed E-state index contributed by atoms with van der Waals surface area (Å²) in [7, 11) is 0. The number of aromatic carboxylic acids is 1. The number of carboxylic acid groups (broad SMARTS) is 1. The van der Waals surface area contributed by atoms with Crippen LogP contribution in [0.4, 0.5) is 0 Å². The third-order valence-corrected chi connectivity index (χ3v) is 14.9. The molecule has 5 heteroatoms. The molecule has 0 radical (unpaired) electrons. The van der Waals surface area contributed by atoms with E-state index in [0.717, 1.165) is 23.2 Å². The van der Waals surface area contributed by atoms with Gasteiger partial charge in [-0.2, -0.15) is 11.8 Å². The maximum atomic E-state index is 11.5. The van der Waals surface area contributed by atoms with Gasteiger partial charge in [-0.1, -0.05) is 57.9 Å². The third kappa shape index (κ3) is 3.82. The van der Waals surface area contributed by atoms with Crippen molar-refractivity contribution in [2.45, 2.75) is 102 Å². The Bertz CT molecular complexity index is 1160. The summed E-state index contributed by atoms with van der Waals surface area (Å²) in [5.74, 6) is 1.09. The lowest BCUT2D eigenvalue weighted by Gasteiger charge is -2.66. The molecule has 0 spiro atoms. The number of rotatable bonds is 3. The fourth-order valence-corrected chi connectivity index (χ4v) is 13.3. The number of hydrogen-bond donors (Lipinski definition) is 2. The van der Waals surface area contributed by atoms with Crippen molar-refractivity contribution < 1.29 is 15.0 Å². The maximum Gasteiger partial charge on any atom is 0.337 e. The van der Waals surface area contributed by atoms with E-state index in [1.165, 1.54) is 63.4 Å². The first-order valence-electron chi connectivity index (χ1n) is 15.0. The molecule has 1 aliphatic heterocycles.